The zero-order valence-electron chi connectivity index (χ0n) is 10.7. The minimum atomic E-state index is 0.890. The van der Waals surface area contributed by atoms with Crippen LogP contribution < -0.4 is 5.32 Å². The standard InChI is InChI=1S/C13H25N3/c1-11-6-9-16(10-7-11)13(14-2)15-8-5-12-3-4-12/h11-12H,3-10H2,1-2H3,(H,14,15). The highest BCUT2D eigenvalue weighted by molar-refractivity contribution is 5.79. The molecule has 0 unspecified atom stereocenters. The molecule has 0 spiro atoms. The maximum absolute atomic E-state index is 4.39. The Morgan fingerprint density at radius 1 is 1.25 bits per heavy atom. The summed E-state index contributed by atoms with van der Waals surface area (Å²) in [4.78, 5) is 6.80. The highest BCUT2D eigenvalue weighted by atomic mass is 15.3. The van der Waals surface area contributed by atoms with Gasteiger partial charge in [0, 0.05) is 26.7 Å². The third kappa shape index (κ3) is 3.39. The molecule has 0 aromatic heterocycles. The molecule has 0 aromatic carbocycles. The Bertz CT molecular complexity index is 238. The van der Waals surface area contributed by atoms with E-state index in [1.165, 1.54) is 45.2 Å². The minimum absolute atomic E-state index is 0.890. The van der Waals surface area contributed by atoms with E-state index in [2.05, 4.69) is 22.1 Å². The number of likely N-dealkylation sites (tertiary alicyclic amines) is 1. The molecule has 3 nitrogen and oxygen atoms in total. The number of guanidine groups is 1. The first-order chi connectivity index (χ1) is 7.79. The molecule has 0 amide bonds. The number of piperidine rings is 1. The predicted molar refractivity (Wildman–Crippen MR) is 68.7 cm³/mol. The van der Waals surface area contributed by atoms with Crippen molar-refractivity contribution >= 4 is 5.96 Å². The van der Waals surface area contributed by atoms with Crippen LogP contribution in [0.5, 0.6) is 0 Å². The van der Waals surface area contributed by atoms with Crippen LogP contribution in [0, 0.1) is 11.8 Å². The average Bonchev–Trinajstić information content (AvgIpc) is 3.10. The first kappa shape index (κ1) is 11.7. The van der Waals surface area contributed by atoms with Crippen LogP contribution in [0.4, 0.5) is 0 Å². The highest BCUT2D eigenvalue weighted by Gasteiger charge is 2.22. The molecule has 0 radical (unpaired) electrons. The quantitative estimate of drug-likeness (QED) is 0.586. The van der Waals surface area contributed by atoms with E-state index in [-0.39, 0.29) is 0 Å². The van der Waals surface area contributed by atoms with Gasteiger partial charge >= 0.3 is 0 Å². The van der Waals surface area contributed by atoms with E-state index < -0.39 is 0 Å². The SMILES string of the molecule is CN=C(NCCC1CC1)N1CCC(C)CC1. The van der Waals surface area contributed by atoms with Crippen molar-refractivity contribution in [3.63, 3.8) is 0 Å². The lowest BCUT2D eigenvalue weighted by molar-refractivity contribution is 0.273. The van der Waals surface area contributed by atoms with Crippen LogP contribution in [0.25, 0.3) is 0 Å². The van der Waals surface area contributed by atoms with Crippen molar-refractivity contribution in [2.45, 2.75) is 39.0 Å². The fourth-order valence-corrected chi connectivity index (χ4v) is 2.35. The second kappa shape index (κ2) is 5.55. The molecule has 2 fully saturated rings. The topological polar surface area (TPSA) is 27.6 Å². The predicted octanol–water partition coefficient (Wildman–Crippen LogP) is 2.09. The van der Waals surface area contributed by atoms with Crippen LogP contribution in [0.3, 0.4) is 0 Å². The largest absolute Gasteiger partial charge is 0.356 e. The summed E-state index contributed by atoms with van der Waals surface area (Å²) >= 11 is 0. The molecule has 1 aliphatic heterocycles. The lowest BCUT2D eigenvalue weighted by Gasteiger charge is -2.32. The second-order valence-electron chi connectivity index (χ2n) is 5.38. The number of rotatable bonds is 3. The molecular formula is C13H25N3. The van der Waals surface area contributed by atoms with Crippen molar-refractivity contribution in [3.8, 4) is 0 Å². The lowest BCUT2D eigenvalue weighted by Crippen LogP contribution is -2.45. The molecule has 3 heteroatoms. The van der Waals surface area contributed by atoms with Crippen molar-refractivity contribution in [3.05, 3.63) is 0 Å². The third-order valence-electron chi connectivity index (χ3n) is 3.83. The van der Waals surface area contributed by atoms with E-state index in [0.717, 1.165) is 24.3 Å². The van der Waals surface area contributed by atoms with E-state index in [9.17, 15) is 0 Å². The molecule has 1 saturated carbocycles. The van der Waals surface area contributed by atoms with Crippen LogP contribution >= 0.6 is 0 Å². The van der Waals surface area contributed by atoms with Crippen LogP contribution in [-0.4, -0.2) is 37.5 Å². The molecule has 92 valence electrons. The normalized spacial score (nSPS) is 23.6. The summed E-state index contributed by atoms with van der Waals surface area (Å²) in [5.41, 5.74) is 0. The highest BCUT2D eigenvalue weighted by Crippen LogP contribution is 2.31. The smallest absolute Gasteiger partial charge is 0.193 e. The summed E-state index contributed by atoms with van der Waals surface area (Å²) in [6, 6.07) is 0. The summed E-state index contributed by atoms with van der Waals surface area (Å²) in [5.74, 6) is 3.01. The molecule has 1 heterocycles. The van der Waals surface area contributed by atoms with E-state index in [1.807, 2.05) is 7.05 Å². The zero-order valence-corrected chi connectivity index (χ0v) is 10.7. The van der Waals surface area contributed by atoms with Crippen LogP contribution in [-0.2, 0) is 0 Å². The van der Waals surface area contributed by atoms with Crippen molar-refractivity contribution < 1.29 is 0 Å². The average molecular weight is 223 g/mol. The van der Waals surface area contributed by atoms with E-state index in [1.54, 1.807) is 0 Å². The van der Waals surface area contributed by atoms with Crippen LogP contribution in [0.15, 0.2) is 4.99 Å². The Hall–Kier alpha value is -0.730. The second-order valence-corrected chi connectivity index (χ2v) is 5.38. The van der Waals surface area contributed by atoms with Crippen molar-refractivity contribution in [2.75, 3.05) is 26.7 Å². The first-order valence-corrected chi connectivity index (χ1v) is 6.75. The fraction of sp³-hybridized carbons (Fsp3) is 0.923. The van der Waals surface area contributed by atoms with E-state index in [0.29, 0.717) is 0 Å². The van der Waals surface area contributed by atoms with Gasteiger partial charge in [-0.2, -0.15) is 0 Å². The van der Waals surface area contributed by atoms with E-state index >= 15 is 0 Å². The summed E-state index contributed by atoms with van der Waals surface area (Å²) < 4.78 is 0. The van der Waals surface area contributed by atoms with Gasteiger partial charge in [0.15, 0.2) is 5.96 Å². The van der Waals surface area contributed by atoms with Gasteiger partial charge in [-0.05, 0) is 31.1 Å². The zero-order chi connectivity index (χ0) is 11.4. The van der Waals surface area contributed by atoms with Crippen LogP contribution in [0.1, 0.15) is 39.0 Å². The molecule has 2 aliphatic rings. The van der Waals surface area contributed by atoms with Gasteiger partial charge in [-0.1, -0.05) is 19.8 Å². The Balaban J connectivity index is 1.71. The van der Waals surface area contributed by atoms with Gasteiger partial charge < -0.3 is 10.2 Å². The van der Waals surface area contributed by atoms with Gasteiger partial charge in [-0.15, -0.1) is 0 Å². The summed E-state index contributed by atoms with van der Waals surface area (Å²) in [6.07, 6.45) is 6.83. The van der Waals surface area contributed by atoms with Crippen LogP contribution in [0.2, 0.25) is 0 Å². The molecule has 1 saturated heterocycles. The van der Waals surface area contributed by atoms with Gasteiger partial charge in [0.2, 0.25) is 0 Å². The van der Waals surface area contributed by atoms with Gasteiger partial charge in [0.05, 0.1) is 0 Å². The molecule has 1 N–H and O–H groups in total. The Kier molecular flexibility index (Phi) is 4.08. The van der Waals surface area contributed by atoms with Crippen molar-refractivity contribution in [1.82, 2.24) is 10.2 Å². The number of aliphatic imine (C=N–C) groups is 1. The van der Waals surface area contributed by atoms with Crippen molar-refractivity contribution in [1.29, 1.82) is 0 Å². The Morgan fingerprint density at radius 3 is 2.50 bits per heavy atom. The van der Waals surface area contributed by atoms with Gasteiger partial charge in [-0.25, -0.2) is 0 Å². The maximum Gasteiger partial charge on any atom is 0.193 e. The summed E-state index contributed by atoms with van der Waals surface area (Å²) in [6.45, 7) is 5.79. The molecule has 16 heavy (non-hydrogen) atoms. The number of hydrogen-bond donors (Lipinski definition) is 1. The number of nitrogens with zero attached hydrogens (tertiary/aromatic N) is 2. The molecular weight excluding hydrogens is 198 g/mol. The Labute approximate surface area is 99.3 Å². The van der Waals surface area contributed by atoms with Gasteiger partial charge in [-0.3, -0.25) is 4.99 Å². The Morgan fingerprint density at radius 2 is 1.94 bits per heavy atom. The lowest BCUT2D eigenvalue weighted by atomic mass is 10.00. The molecule has 0 aromatic rings. The third-order valence-corrected chi connectivity index (χ3v) is 3.83. The summed E-state index contributed by atoms with van der Waals surface area (Å²) in [7, 11) is 1.90. The van der Waals surface area contributed by atoms with Crippen molar-refractivity contribution in [2.24, 2.45) is 16.8 Å². The van der Waals surface area contributed by atoms with Gasteiger partial charge in [0.1, 0.15) is 0 Å². The maximum atomic E-state index is 4.39. The van der Waals surface area contributed by atoms with E-state index in [4.69, 9.17) is 0 Å². The minimum Gasteiger partial charge on any atom is -0.356 e. The van der Waals surface area contributed by atoms with Gasteiger partial charge in [0.25, 0.3) is 0 Å². The number of nitrogens with one attached hydrogen (secondary N) is 1. The molecule has 0 bridgehead atoms. The monoisotopic (exact) mass is 223 g/mol. The molecule has 2 rings (SSSR count). The fourth-order valence-electron chi connectivity index (χ4n) is 2.35. The first-order valence-electron chi connectivity index (χ1n) is 6.75. The molecule has 0 atom stereocenters. The number of hydrogen-bond acceptors (Lipinski definition) is 1. The summed E-state index contributed by atoms with van der Waals surface area (Å²) in [5, 5.41) is 3.50. The molecule has 1 aliphatic carbocycles.